The van der Waals surface area contributed by atoms with Gasteiger partial charge in [-0.3, -0.25) is 0 Å². The molecule has 0 amide bonds. The van der Waals surface area contributed by atoms with Gasteiger partial charge in [-0.05, 0) is 106 Å². The van der Waals surface area contributed by atoms with E-state index in [-0.39, 0.29) is 68.2 Å². The molecule has 0 fully saturated rings. The lowest BCUT2D eigenvalue weighted by Crippen LogP contribution is -2.44. The second-order valence-electron chi connectivity index (χ2n) is 14.9. The summed E-state index contributed by atoms with van der Waals surface area (Å²) in [6, 6.07) is 15.4. The van der Waals surface area contributed by atoms with Gasteiger partial charge in [0.15, 0.2) is 0 Å². The van der Waals surface area contributed by atoms with Gasteiger partial charge in [0, 0.05) is 22.3 Å². The molecule has 14 heteroatoms. The highest BCUT2D eigenvalue weighted by molar-refractivity contribution is 6.11. The van der Waals surface area contributed by atoms with Crippen LogP contribution in [0.1, 0.15) is 55.6 Å². The molecule has 2 spiro atoms. The monoisotopic (exact) mass is 718 g/mol. The van der Waals surface area contributed by atoms with Crippen molar-refractivity contribution in [2.24, 2.45) is 0 Å². The first-order chi connectivity index (χ1) is 25.4. The van der Waals surface area contributed by atoms with Gasteiger partial charge in [-0.15, -0.1) is 0 Å². The molecule has 0 saturated heterocycles. The van der Waals surface area contributed by atoms with Crippen LogP contribution in [0.5, 0.6) is 0 Å². The van der Waals surface area contributed by atoms with Crippen molar-refractivity contribution in [1.29, 1.82) is 0 Å². The molecule has 3 aliphatic rings. The van der Waals surface area contributed by atoms with Gasteiger partial charge in [-0.2, -0.15) is 0 Å². The molecule has 0 aliphatic heterocycles. The molecule has 0 radical (unpaired) electrons. The fraction of sp³-hybridized carbons (Fsp3) is 0.100. The summed E-state index contributed by atoms with van der Waals surface area (Å²) in [5.41, 5.74) is 106. The molecule has 6 aromatic rings. The molecule has 9 rings (SSSR count). The maximum absolute atomic E-state index is 6.93. The zero-order valence-corrected chi connectivity index (χ0v) is 29.7. The molecule has 0 unspecified atom stereocenters. The fourth-order valence-corrected chi connectivity index (χ4v) is 9.65. The van der Waals surface area contributed by atoms with Crippen LogP contribution >= 0.6 is 0 Å². The standard InChI is InChI=1S/C40H42N14/c1-11-3-13-14(4-12(11)2)40(19-9-25(45)33(49)37(53)29(19)30-20(40)10-26(46)34(50)38(30)54)16-6-22(42)21(41)5-15(16)39(13)17-7-23(43)31(47)35(51)27(17)28-18(39)8-24(44)32(48)36(28)52/h3-10H,41-54H2,1-2H3. The van der Waals surface area contributed by atoms with Crippen LogP contribution in [0.4, 0.5) is 79.6 Å². The predicted octanol–water partition coefficient (Wildman–Crippen LogP) is 3.49. The maximum Gasteiger partial charge on any atom is 0.0787 e. The summed E-state index contributed by atoms with van der Waals surface area (Å²) in [6.07, 6.45) is 0. The Hall–Kier alpha value is -7.48. The molecule has 0 heterocycles. The minimum Gasteiger partial charge on any atom is -0.397 e. The van der Waals surface area contributed by atoms with Gasteiger partial charge >= 0.3 is 0 Å². The van der Waals surface area contributed by atoms with Crippen molar-refractivity contribution in [1.82, 2.24) is 0 Å². The van der Waals surface area contributed by atoms with Crippen molar-refractivity contribution in [3.63, 3.8) is 0 Å². The lowest BCUT2D eigenvalue weighted by Gasteiger charge is -2.49. The van der Waals surface area contributed by atoms with E-state index < -0.39 is 10.8 Å². The summed E-state index contributed by atoms with van der Waals surface area (Å²) >= 11 is 0. The van der Waals surface area contributed by atoms with Gasteiger partial charge in [-0.1, -0.05) is 12.1 Å². The summed E-state index contributed by atoms with van der Waals surface area (Å²) in [6.45, 7) is 4.09. The van der Waals surface area contributed by atoms with Gasteiger partial charge in [0.1, 0.15) is 0 Å². The first-order valence-corrected chi connectivity index (χ1v) is 17.2. The van der Waals surface area contributed by atoms with E-state index in [0.717, 1.165) is 33.4 Å². The zero-order valence-electron chi connectivity index (χ0n) is 29.7. The van der Waals surface area contributed by atoms with Gasteiger partial charge in [-0.25, -0.2) is 0 Å². The largest absolute Gasteiger partial charge is 0.397 e. The number of rotatable bonds is 0. The molecule has 0 saturated carbocycles. The molecule has 28 N–H and O–H groups in total. The minimum atomic E-state index is -1.22. The molecular formula is C40H42N14. The summed E-state index contributed by atoms with van der Waals surface area (Å²) < 4.78 is 0. The Balaban J connectivity index is 1.63. The Morgan fingerprint density at radius 2 is 0.463 bits per heavy atom. The third-order valence-corrected chi connectivity index (χ3v) is 12.3. The van der Waals surface area contributed by atoms with Gasteiger partial charge in [0.2, 0.25) is 0 Å². The van der Waals surface area contributed by atoms with E-state index in [4.69, 9.17) is 80.3 Å². The summed E-state index contributed by atoms with van der Waals surface area (Å²) in [4.78, 5) is 0. The Kier molecular flexibility index (Phi) is 5.82. The average Bonchev–Trinajstić information content (AvgIpc) is 3.56. The van der Waals surface area contributed by atoms with Crippen molar-refractivity contribution in [3.05, 3.63) is 104 Å². The molecule has 0 atom stereocenters. The Bertz CT molecular complexity index is 2420. The number of hydrogen-bond donors (Lipinski definition) is 14. The first kappa shape index (κ1) is 32.4. The van der Waals surface area contributed by atoms with Crippen LogP contribution in [0.15, 0.2) is 48.5 Å². The van der Waals surface area contributed by atoms with Crippen LogP contribution < -0.4 is 80.3 Å². The van der Waals surface area contributed by atoms with Crippen LogP contribution in [-0.2, 0) is 10.8 Å². The fourth-order valence-electron chi connectivity index (χ4n) is 9.65. The Morgan fingerprint density at radius 3 is 0.704 bits per heavy atom. The number of nitrogens with two attached hydrogens (primary N) is 14. The van der Waals surface area contributed by atoms with Gasteiger partial charge in [0.05, 0.1) is 90.5 Å². The van der Waals surface area contributed by atoms with Gasteiger partial charge < -0.3 is 80.3 Å². The van der Waals surface area contributed by atoms with Crippen molar-refractivity contribution in [2.75, 3.05) is 80.3 Å². The normalized spacial score (nSPS) is 14.7. The van der Waals surface area contributed by atoms with Crippen molar-refractivity contribution >= 4 is 79.6 Å². The molecule has 14 nitrogen and oxygen atoms in total. The molecular weight excluding hydrogens is 677 g/mol. The van der Waals surface area contributed by atoms with E-state index in [1.54, 1.807) is 0 Å². The molecule has 272 valence electrons. The highest BCUT2D eigenvalue weighted by Gasteiger charge is 2.61. The number of hydrogen-bond acceptors (Lipinski definition) is 14. The molecule has 0 bridgehead atoms. The maximum atomic E-state index is 6.93. The van der Waals surface area contributed by atoms with E-state index >= 15 is 0 Å². The van der Waals surface area contributed by atoms with Crippen molar-refractivity contribution < 1.29 is 0 Å². The lowest BCUT2D eigenvalue weighted by atomic mass is 9.51. The number of nitrogen functional groups attached to an aromatic ring is 14. The van der Waals surface area contributed by atoms with E-state index in [1.807, 2.05) is 50.2 Å². The van der Waals surface area contributed by atoms with Crippen molar-refractivity contribution in [3.8, 4) is 22.3 Å². The zero-order chi connectivity index (χ0) is 38.8. The molecule has 54 heavy (non-hydrogen) atoms. The molecule has 3 aliphatic carbocycles. The molecule has 0 aromatic heterocycles. The van der Waals surface area contributed by atoms with Crippen LogP contribution in [0.2, 0.25) is 0 Å². The number of fused-ring (bicyclic) bond motifs is 16. The van der Waals surface area contributed by atoms with Crippen LogP contribution in [0.25, 0.3) is 22.3 Å². The second kappa shape index (κ2) is 9.68. The minimum absolute atomic E-state index is 0.210. The number of anilines is 14. The Morgan fingerprint density at radius 1 is 0.259 bits per heavy atom. The van der Waals surface area contributed by atoms with Gasteiger partial charge in [0.25, 0.3) is 0 Å². The summed E-state index contributed by atoms with van der Waals surface area (Å²) in [7, 11) is 0. The summed E-state index contributed by atoms with van der Waals surface area (Å²) in [5.74, 6) is 0. The van der Waals surface area contributed by atoms with Crippen LogP contribution in [0.3, 0.4) is 0 Å². The van der Waals surface area contributed by atoms with Crippen molar-refractivity contribution in [2.45, 2.75) is 24.7 Å². The highest BCUT2D eigenvalue weighted by atomic mass is 14.8. The highest BCUT2D eigenvalue weighted by Crippen LogP contribution is 2.71. The average molecular weight is 719 g/mol. The molecule has 6 aromatic carbocycles. The van der Waals surface area contributed by atoms with Crippen LogP contribution in [0, 0.1) is 13.8 Å². The lowest BCUT2D eigenvalue weighted by molar-refractivity contribution is 0.633. The smallest absolute Gasteiger partial charge is 0.0787 e. The van der Waals surface area contributed by atoms with E-state index in [1.165, 1.54) is 0 Å². The topological polar surface area (TPSA) is 364 Å². The van der Waals surface area contributed by atoms with E-state index in [9.17, 15) is 0 Å². The third-order valence-electron chi connectivity index (χ3n) is 12.3. The van der Waals surface area contributed by atoms with E-state index in [0.29, 0.717) is 55.9 Å². The van der Waals surface area contributed by atoms with E-state index in [2.05, 4.69) is 12.1 Å². The predicted molar refractivity (Wildman–Crippen MR) is 226 cm³/mol. The quantitative estimate of drug-likeness (QED) is 0.0998. The number of aryl methyl sites for hydroxylation is 2. The van der Waals surface area contributed by atoms with Crippen LogP contribution in [-0.4, -0.2) is 0 Å². The SMILES string of the molecule is Cc1cc2c(cc1C)C1(c3cc(N)c(N)cc3C23c2cc(N)c(N)c(N)c2-c2c3cc(N)c(N)c2N)c2cc(N)c(N)c(N)c2-c2c1cc(N)c(N)c2N. The first-order valence-electron chi connectivity index (χ1n) is 17.2. The Labute approximate surface area is 310 Å². The number of benzene rings is 6. The third kappa shape index (κ3) is 3.27. The second-order valence-corrected chi connectivity index (χ2v) is 14.9. The summed E-state index contributed by atoms with van der Waals surface area (Å²) in [5, 5.41) is 0.